The first-order valence-electron chi connectivity index (χ1n) is 34.3. The lowest BCUT2D eigenvalue weighted by molar-refractivity contribution is -0.332. The summed E-state index contributed by atoms with van der Waals surface area (Å²) < 4.78 is 34.6. The van der Waals surface area contributed by atoms with Gasteiger partial charge < -0.3 is 64.2 Å². The molecule has 2 heterocycles. The van der Waals surface area contributed by atoms with E-state index >= 15 is 0 Å². The second-order valence-corrected chi connectivity index (χ2v) is 24.4. The van der Waals surface area contributed by atoms with Crippen LogP contribution in [0.4, 0.5) is 0 Å². The molecule has 0 aromatic carbocycles. The van der Waals surface area contributed by atoms with Crippen molar-refractivity contribution in [3.05, 3.63) is 12.2 Å². The Balaban J connectivity index is 1.64. The van der Waals surface area contributed by atoms with E-state index in [9.17, 15) is 40.5 Å². The van der Waals surface area contributed by atoms with Gasteiger partial charge in [-0.2, -0.15) is 0 Å². The summed E-state index contributed by atoms with van der Waals surface area (Å²) in [5.74, 6) is -0.367. The van der Waals surface area contributed by atoms with E-state index in [1.165, 1.54) is 244 Å². The van der Waals surface area contributed by atoms with Gasteiger partial charge in [0.15, 0.2) is 12.6 Å². The number of carbonyl (C=O) groups excluding carboxylic acids is 1. The van der Waals surface area contributed by atoms with Gasteiger partial charge in [-0.25, -0.2) is 0 Å². The van der Waals surface area contributed by atoms with E-state index in [-0.39, 0.29) is 25.6 Å². The number of esters is 1. The van der Waals surface area contributed by atoms with Gasteiger partial charge in [0.2, 0.25) is 0 Å². The fourth-order valence-electron chi connectivity index (χ4n) is 11.3. The molecule has 2 aliphatic rings. The predicted octanol–water partition coefficient (Wildman–Crippen LogP) is 14.1. The molecule has 0 saturated carbocycles. The first-order chi connectivity index (χ1) is 39.6. The van der Waals surface area contributed by atoms with E-state index in [1.54, 1.807) is 0 Å². The molecule has 14 nitrogen and oxygen atoms in total. The van der Waals surface area contributed by atoms with Gasteiger partial charge in [0.1, 0.15) is 54.9 Å². The quantitative estimate of drug-likeness (QED) is 0.0171. The molecule has 0 aromatic rings. The minimum Gasteiger partial charge on any atom is -0.457 e. The van der Waals surface area contributed by atoms with Gasteiger partial charge in [-0.15, -0.1) is 0 Å². The highest BCUT2D eigenvalue weighted by Crippen LogP contribution is 2.27. The molecule has 7 N–H and O–H groups in total. The number of aliphatic hydroxyl groups is 7. The fourth-order valence-corrected chi connectivity index (χ4v) is 11.3. The van der Waals surface area contributed by atoms with Crippen LogP contribution in [0.3, 0.4) is 0 Å². The molecule has 0 aliphatic carbocycles. The average molecular weight is 1160 g/mol. The van der Waals surface area contributed by atoms with E-state index in [0.717, 1.165) is 38.5 Å². The summed E-state index contributed by atoms with van der Waals surface area (Å²) in [4.78, 5) is 13.1. The Morgan fingerprint density at radius 1 is 0.395 bits per heavy atom. The topological polar surface area (TPSA) is 214 Å². The van der Waals surface area contributed by atoms with Crippen LogP contribution in [0.1, 0.15) is 309 Å². The Morgan fingerprint density at radius 2 is 0.728 bits per heavy atom. The van der Waals surface area contributed by atoms with Crippen LogP contribution >= 0.6 is 0 Å². The molecule has 2 saturated heterocycles. The second kappa shape index (κ2) is 54.1. The summed E-state index contributed by atoms with van der Waals surface area (Å²) in [6.45, 7) is 3.77. The summed E-state index contributed by atoms with van der Waals surface area (Å²) in [6, 6.07) is 0. The van der Waals surface area contributed by atoms with Gasteiger partial charge >= 0.3 is 5.97 Å². The van der Waals surface area contributed by atoms with E-state index in [1.807, 2.05) is 0 Å². The smallest absolute Gasteiger partial charge is 0.306 e. The van der Waals surface area contributed by atoms with Crippen molar-refractivity contribution >= 4 is 5.97 Å². The first kappa shape index (κ1) is 75.8. The Labute approximate surface area is 495 Å². The summed E-state index contributed by atoms with van der Waals surface area (Å²) >= 11 is 0. The zero-order valence-corrected chi connectivity index (χ0v) is 52.1. The second-order valence-electron chi connectivity index (χ2n) is 24.4. The highest BCUT2D eigenvalue weighted by atomic mass is 16.7. The molecule has 81 heavy (non-hydrogen) atoms. The minimum absolute atomic E-state index is 0.0674. The molecular formula is C67H128O14. The SMILES string of the molecule is CCCCCCCCCC/C=C\CCCCCCCCCCCCOCC(COC1OC(COC2OC(CO)C(O)C(O)C2O)C(O)C(O)C1O)OC(=O)CCCCCCCCCCCCCCCCCCCCCCCCCCC. The molecule has 0 spiro atoms. The van der Waals surface area contributed by atoms with Crippen LogP contribution in [0.15, 0.2) is 12.2 Å². The Hall–Kier alpha value is -1.27. The lowest BCUT2D eigenvalue weighted by Crippen LogP contribution is -2.61. The standard InChI is InChI=1S/C67H128O14/c1-3-5-7-9-11-13-15-17-19-21-23-25-27-28-29-30-32-34-36-38-40-42-44-46-48-50-59(69)79-56(53-76-51-49-47-45-43-41-39-37-35-33-31-26-24-22-20-18-16-14-12-10-8-6-4-2)54-77-66-65(75)63(73)61(71)58(81-66)55-78-67-64(74)62(72)60(70)57(52-68)80-67/h22,24,56-58,60-68,70-75H,3-21,23,25-55H2,1-2H3/b24-22-. The number of hydrogen-bond donors (Lipinski definition) is 7. The average Bonchev–Trinajstić information content (AvgIpc) is 3.57. The van der Waals surface area contributed by atoms with Crippen molar-refractivity contribution in [2.45, 2.75) is 377 Å². The van der Waals surface area contributed by atoms with Crippen LogP contribution in [-0.4, -0.2) is 142 Å². The molecule has 14 heteroatoms. The fraction of sp³-hybridized carbons (Fsp3) is 0.955. The molecule has 0 aromatic heterocycles. The highest BCUT2D eigenvalue weighted by Gasteiger charge is 2.47. The van der Waals surface area contributed by atoms with Crippen molar-refractivity contribution in [2.24, 2.45) is 0 Å². The summed E-state index contributed by atoms with van der Waals surface area (Å²) in [5, 5.41) is 72.6. The van der Waals surface area contributed by atoms with Crippen molar-refractivity contribution in [3.63, 3.8) is 0 Å². The van der Waals surface area contributed by atoms with E-state index in [4.69, 9.17) is 28.4 Å². The Kier molecular flexibility index (Phi) is 50.7. The zero-order chi connectivity index (χ0) is 58.6. The Morgan fingerprint density at radius 3 is 1.12 bits per heavy atom. The maximum absolute atomic E-state index is 13.1. The molecule has 11 atom stereocenters. The molecule has 2 fully saturated rings. The van der Waals surface area contributed by atoms with E-state index in [0.29, 0.717) is 13.0 Å². The maximum atomic E-state index is 13.1. The maximum Gasteiger partial charge on any atom is 0.306 e. The van der Waals surface area contributed by atoms with Gasteiger partial charge in [0.05, 0.1) is 26.4 Å². The highest BCUT2D eigenvalue weighted by molar-refractivity contribution is 5.69. The number of carbonyl (C=O) groups is 1. The van der Waals surface area contributed by atoms with Crippen LogP contribution in [-0.2, 0) is 33.2 Å². The van der Waals surface area contributed by atoms with Gasteiger partial charge in [0, 0.05) is 13.0 Å². The van der Waals surface area contributed by atoms with Crippen molar-refractivity contribution in [2.75, 3.05) is 33.0 Å². The van der Waals surface area contributed by atoms with Crippen molar-refractivity contribution < 1.29 is 69.0 Å². The lowest BCUT2D eigenvalue weighted by Gasteiger charge is -2.42. The third-order valence-electron chi connectivity index (χ3n) is 16.8. The number of hydrogen-bond acceptors (Lipinski definition) is 14. The number of unbranched alkanes of at least 4 members (excludes halogenated alkanes) is 42. The molecule has 11 unspecified atom stereocenters. The van der Waals surface area contributed by atoms with Gasteiger partial charge in [0.25, 0.3) is 0 Å². The van der Waals surface area contributed by atoms with Crippen molar-refractivity contribution in [1.29, 1.82) is 0 Å². The third kappa shape index (κ3) is 39.9. The Bertz CT molecular complexity index is 1390. The van der Waals surface area contributed by atoms with Crippen LogP contribution in [0.25, 0.3) is 0 Å². The van der Waals surface area contributed by atoms with Crippen LogP contribution in [0, 0.1) is 0 Å². The van der Waals surface area contributed by atoms with E-state index in [2.05, 4.69) is 26.0 Å². The first-order valence-corrected chi connectivity index (χ1v) is 34.3. The third-order valence-corrected chi connectivity index (χ3v) is 16.8. The number of aliphatic hydroxyl groups excluding tert-OH is 7. The van der Waals surface area contributed by atoms with Gasteiger partial charge in [-0.1, -0.05) is 276 Å². The number of rotatable bonds is 58. The normalized spacial score (nSPS) is 23.7. The summed E-state index contributed by atoms with van der Waals surface area (Å²) in [6.07, 6.45) is 47.2. The van der Waals surface area contributed by atoms with Crippen molar-refractivity contribution in [3.8, 4) is 0 Å². The van der Waals surface area contributed by atoms with Crippen LogP contribution in [0.2, 0.25) is 0 Å². The monoisotopic (exact) mass is 1160 g/mol. The lowest BCUT2D eigenvalue weighted by atomic mass is 9.98. The van der Waals surface area contributed by atoms with Crippen LogP contribution in [0.5, 0.6) is 0 Å². The molecule has 0 bridgehead atoms. The summed E-state index contributed by atoms with van der Waals surface area (Å²) in [7, 11) is 0. The number of ether oxygens (including phenoxy) is 6. The summed E-state index contributed by atoms with van der Waals surface area (Å²) in [5.41, 5.74) is 0. The zero-order valence-electron chi connectivity index (χ0n) is 52.1. The largest absolute Gasteiger partial charge is 0.457 e. The molecule has 480 valence electrons. The molecular weight excluding hydrogens is 1030 g/mol. The molecule has 0 amide bonds. The van der Waals surface area contributed by atoms with Gasteiger partial charge in [-0.3, -0.25) is 4.79 Å². The predicted molar refractivity (Wildman–Crippen MR) is 326 cm³/mol. The molecule has 2 aliphatic heterocycles. The van der Waals surface area contributed by atoms with Gasteiger partial charge in [-0.05, 0) is 38.5 Å². The number of allylic oxidation sites excluding steroid dienone is 2. The van der Waals surface area contributed by atoms with Crippen molar-refractivity contribution in [1.82, 2.24) is 0 Å². The molecule has 0 radical (unpaired) electrons. The van der Waals surface area contributed by atoms with Crippen LogP contribution < -0.4 is 0 Å². The molecule has 2 rings (SSSR count). The van der Waals surface area contributed by atoms with E-state index < -0.39 is 80.7 Å². The minimum atomic E-state index is -1.70.